The van der Waals surface area contributed by atoms with Crippen molar-refractivity contribution in [2.45, 2.75) is 29.9 Å². The van der Waals surface area contributed by atoms with Gasteiger partial charge in [-0.1, -0.05) is 11.8 Å². The Labute approximate surface area is 103 Å². The maximum Gasteiger partial charge on any atom is 0.228 e. The van der Waals surface area contributed by atoms with Crippen LogP contribution >= 0.6 is 23.4 Å². The van der Waals surface area contributed by atoms with Crippen LogP contribution in [0.3, 0.4) is 0 Å². The molecule has 0 radical (unpaired) electrons. The fourth-order valence-electron chi connectivity index (χ4n) is 1.50. The summed E-state index contributed by atoms with van der Waals surface area (Å²) in [5.41, 5.74) is 0. The number of halogens is 1. The maximum absolute atomic E-state index is 5.80. The maximum atomic E-state index is 5.80. The SMILES string of the molecule is CNc1nc(Cl)nc(SC2CCOC2C)n1. The van der Waals surface area contributed by atoms with Crippen LogP contribution in [0.4, 0.5) is 5.95 Å². The summed E-state index contributed by atoms with van der Waals surface area (Å²) < 4.78 is 5.48. The molecule has 16 heavy (non-hydrogen) atoms. The highest BCUT2D eigenvalue weighted by molar-refractivity contribution is 7.99. The molecule has 1 aliphatic rings. The van der Waals surface area contributed by atoms with Gasteiger partial charge in [0.15, 0.2) is 5.16 Å². The summed E-state index contributed by atoms with van der Waals surface area (Å²) in [5.74, 6) is 0.495. The second-order valence-corrected chi connectivity index (χ2v) is 5.03. The van der Waals surface area contributed by atoms with Gasteiger partial charge in [-0.15, -0.1) is 0 Å². The standard InChI is InChI=1S/C9H13ClN4OS/c1-5-6(3-4-15-5)16-9-13-7(10)12-8(11-2)14-9/h5-6H,3-4H2,1-2H3,(H,11,12,13,14). The van der Waals surface area contributed by atoms with Gasteiger partial charge in [0.25, 0.3) is 0 Å². The fraction of sp³-hybridized carbons (Fsp3) is 0.667. The first kappa shape index (κ1) is 11.9. The van der Waals surface area contributed by atoms with E-state index < -0.39 is 0 Å². The monoisotopic (exact) mass is 260 g/mol. The molecule has 0 bridgehead atoms. The topological polar surface area (TPSA) is 59.9 Å². The summed E-state index contributed by atoms with van der Waals surface area (Å²) in [5, 5.41) is 4.11. The summed E-state index contributed by atoms with van der Waals surface area (Å²) in [7, 11) is 1.75. The number of anilines is 1. The number of hydrogen-bond donors (Lipinski definition) is 1. The molecule has 5 nitrogen and oxygen atoms in total. The molecule has 7 heteroatoms. The van der Waals surface area contributed by atoms with E-state index in [1.165, 1.54) is 0 Å². The molecule has 2 unspecified atom stereocenters. The molecule has 2 heterocycles. The number of hydrogen-bond acceptors (Lipinski definition) is 6. The summed E-state index contributed by atoms with van der Waals surface area (Å²) >= 11 is 7.40. The average molecular weight is 261 g/mol. The molecule has 1 aliphatic heterocycles. The minimum absolute atomic E-state index is 0.216. The second-order valence-electron chi connectivity index (χ2n) is 3.48. The van der Waals surface area contributed by atoms with E-state index in [-0.39, 0.29) is 11.4 Å². The molecule has 2 rings (SSSR count). The van der Waals surface area contributed by atoms with Crippen molar-refractivity contribution < 1.29 is 4.74 Å². The molecule has 0 aromatic carbocycles. The second kappa shape index (κ2) is 5.16. The van der Waals surface area contributed by atoms with Crippen molar-refractivity contribution >= 4 is 29.3 Å². The first-order chi connectivity index (χ1) is 7.69. The van der Waals surface area contributed by atoms with Crippen LogP contribution in [0.2, 0.25) is 5.28 Å². The zero-order chi connectivity index (χ0) is 11.5. The van der Waals surface area contributed by atoms with Crippen LogP contribution in [-0.4, -0.2) is 40.0 Å². The van der Waals surface area contributed by atoms with Crippen molar-refractivity contribution in [3.63, 3.8) is 0 Å². The van der Waals surface area contributed by atoms with E-state index in [4.69, 9.17) is 16.3 Å². The Bertz CT molecular complexity index is 379. The highest BCUT2D eigenvalue weighted by Gasteiger charge is 2.26. The van der Waals surface area contributed by atoms with Gasteiger partial charge < -0.3 is 10.1 Å². The Balaban J connectivity index is 2.11. The largest absolute Gasteiger partial charge is 0.377 e. The summed E-state index contributed by atoms with van der Waals surface area (Å²) in [6.45, 7) is 2.86. The van der Waals surface area contributed by atoms with Crippen molar-refractivity contribution in [3.05, 3.63) is 5.28 Å². The molecule has 2 atom stereocenters. The first-order valence-electron chi connectivity index (χ1n) is 5.06. The Morgan fingerprint density at radius 2 is 2.25 bits per heavy atom. The van der Waals surface area contributed by atoms with Gasteiger partial charge >= 0.3 is 0 Å². The van der Waals surface area contributed by atoms with E-state index in [2.05, 4.69) is 27.2 Å². The van der Waals surface area contributed by atoms with E-state index in [9.17, 15) is 0 Å². The molecule has 1 N–H and O–H groups in total. The number of ether oxygens (including phenoxy) is 1. The van der Waals surface area contributed by atoms with Gasteiger partial charge in [0.05, 0.1) is 6.10 Å². The van der Waals surface area contributed by atoms with Gasteiger partial charge in [0, 0.05) is 18.9 Å². The van der Waals surface area contributed by atoms with Crippen LogP contribution in [0.5, 0.6) is 0 Å². The predicted octanol–water partition coefficient (Wildman–Crippen LogP) is 1.84. The Morgan fingerprint density at radius 1 is 1.44 bits per heavy atom. The Morgan fingerprint density at radius 3 is 2.88 bits per heavy atom. The molecule has 0 amide bonds. The third-order valence-electron chi connectivity index (χ3n) is 2.37. The third kappa shape index (κ3) is 2.75. The fourth-order valence-corrected chi connectivity index (χ4v) is 2.74. The molecule has 0 aliphatic carbocycles. The lowest BCUT2D eigenvalue weighted by Gasteiger charge is -2.12. The zero-order valence-corrected chi connectivity index (χ0v) is 10.7. The lowest BCUT2D eigenvalue weighted by atomic mass is 10.3. The number of rotatable bonds is 3. The lowest BCUT2D eigenvalue weighted by Crippen LogP contribution is -2.14. The van der Waals surface area contributed by atoms with Crippen LogP contribution in [0.15, 0.2) is 5.16 Å². The van der Waals surface area contributed by atoms with Crippen molar-refractivity contribution in [2.24, 2.45) is 0 Å². The van der Waals surface area contributed by atoms with Gasteiger partial charge in [0.1, 0.15) is 0 Å². The normalized spacial score (nSPS) is 24.7. The van der Waals surface area contributed by atoms with Gasteiger partial charge in [0.2, 0.25) is 11.2 Å². The number of thioether (sulfide) groups is 1. The molecular weight excluding hydrogens is 248 g/mol. The molecule has 0 spiro atoms. The van der Waals surface area contributed by atoms with Crippen LogP contribution in [0, 0.1) is 0 Å². The van der Waals surface area contributed by atoms with Crippen LogP contribution in [0.25, 0.3) is 0 Å². The Kier molecular flexibility index (Phi) is 3.83. The van der Waals surface area contributed by atoms with Gasteiger partial charge in [-0.3, -0.25) is 0 Å². The number of aromatic nitrogens is 3. The molecule has 1 fully saturated rings. The van der Waals surface area contributed by atoms with Crippen molar-refractivity contribution in [2.75, 3.05) is 19.0 Å². The Hall–Kier alpha value is -0.590. The molecule has 1 aromatic heterocycles. The first-order valence-corrected chi connectivity index (χ1v) is 6.32. The smallest absolute Gasteiger partial charge is 0.228 e. The molecule has 1 aromatic rings. The average Bonchev–Trinajstić information content (AvgIpc) is 2.63. The molecular formula is C9H13ClN4OS. The predicted molar refractivity (Wildman–Crippen MR) is 64.1 cm³/mol. The summed E-state index contributed by atoms with van der Waals surface area (Å²) in [4.78, 5) is 12.3. The van der Waals surface area contributed by atoms with Crippen LogP contribution < -0.4 is 5.32 Å². The molecule has 0 saturated carbocycles. The highest BCUT2D eigenvalue weighted by Crippen LogP contribution is 2.31. The van der Waals surface area contributed by atoms with Gasteiger partial charge in [-0.25, -0.2) is 0 Å². The van der Waals surface area contributed by atoms with Crippen molar-refractivity contribution in [3.8, 4) is 0 Å². The minimum Gasteiger partial charge on any atom is -0.377 e. The van der Waals surface area contributed by atoms with E-state index in [0.717, 1.165) is 13.0 Å². The molecule has 88 valence electrons. The van der Waals surface area contributed by atoms with Crippen LogP contribution in [-0.2, 0) is 4.74 Å². The lowest BCUT2D eigenvalue weighted by molar-refractivity contribution is 0.127. The molecule has 1 saturated heterocycles. The summed E-state index contributed by atoms with van der Waals surface area (Å²) in [6, 6.07) is 0. The van der Waals surface area contributed by atoms with Crippen molar-refractivity contribution in [1.29, 1.82) is 0 Å². The van der Waals surface area contributed by atoms with E-state index in [0.29, 0.717) is 16.4 Å². The van der Waals surface area contributed by atoms with Crippen molar-refractivity contribution in [1.82, 2.24) is 15.0 Å². The van der Waals surface area contributed by atoms with Gasteiger partial charge in [-0.2, -0.15) is 15.0 Å². The number of nitrogens with one attached hydrogen (secondary N) is 1. The van der Waals surface area contributed by atoms with E-state index in [1.54, 1.807) is 18.8 Å². The third-order valence-corrected chi connectivity index (χ3v) is 3.86. The number of nitrogens with zero attached hydrogens (tertiary/aromatic N) is 3. The van der Waals surface area contributed by atoms with Crippen LogP contribution in [0.1, 0.15) is 13.3 Å². The van der Waals surface area contributed by atoms with E-state index >= 15 is 0 Å². The van der Waals surface area contributed by atoms with Gasteiger partial charge in [-0.05, 0) is 24.9 Å². The zero-order valence-electron chi connectivity index (χ0n) is 9.11. The highest BCUT2D eigenvalue weighted by atomic mass is 35.5. The quantitative estimate of drug-likeness (QED) is 0.895. The minimum atomic E-state index is 0.216. The van der Waals surface area contributed by atoms with E-state index in [1.807, 2.05) is 0 Å². The summed E-state index contributed by atoms with van der Waals surface area (Å²) in [6.07, 6.45) is 1.25.